The number of hydrogen-bond donors (Lipinski definition) is 0. The first-order valence-corrected chi connectivity index (χ1v) is 11.7. The Kier molecular flexibility index (Phi) is 5.76. The highest BCUT2D eigenvalue weighted by atomic mass is 32.1. The van der Waals surface area contributed by atoms with Gasteiger partial charge in [0.1, 0.15) is 15.7 Å². The van der Waals surface area contributed by atoms with Crippen LogP contribution in [0.15, 0.2) is 36.7 Å². The van der Waals surface area contributed by atoms with Crippen LogP contribution in [0.2, 0.25) is 0 Å². The first kappa shape index (κ1) is 21.4. The average Bonchev–Trinajstić information content (AvgIpc) is 3.39. The fourth-order valence-electron chi connectivity index (χ4n) is 4.17. The van der Waals surface area contributed by atoms with Gasteiger partial charge in [0, 0.05) is 19.3 Å². The normalized spacial score (nSPS) is 16.2. The first-order valence-electron chi connectivity index (χ1n) is 10.8. The molecule has 1 fully saturated rings. The number of hydrogen-bond acceptors (Lipinski definition) is 8. The quantitative estimate of drug-likeness (QED) is 0.418. The molecule has 33 heavy (non-hydrogen) atoms. The number of aromatic nitrogens is 3. The molecule has 1 amide bonds. The standard InChI is InChI=1S/C23H22FN5O3S/c1-2-32-23(31)14-7-10-28(11-8-14)18-6-5-16(20(24)27-18)21-26-17-13-29(22(30)19(17)33-21)15-4-3-9-25-12-15/h3-6,9,12,14H,2,7-8,10-11,13H2,1H3. The summed E-state index contributed by atoms with van der Waals surface area (Å²) in [6, 6.07) is 7.02. The van der Waals surface area contributed by atoms with Crippen molar-refractivity contribution in [2.24, 2.45) is 5.92 Å². The fourth-order valence-corrected chi connectivity index (χ4v) is 5.21. The van der Waals surface area contributed by atoms with Gasteiger partial charge in [-0.15, -0.1) is 11.3 Å². The number of ether oxygens (including phenoxy) is 1. The third-order valence-corrected chi connectivity index (χ3v) is 7.02. The second kappa shape index (κ2) is 8.86. The van der Waals surface area contributed by atoms with Crippen molar-refractivity contribution in [3.8, 4) is 10.6 Å². The highest BCUT2D eigenvalue weighted by Crippen LogP contribution is 2.37. The van der Waals surface area contributed by atoms with E-state index in [1.54, 1.807) is 42.4 Å². The molecule has 10 heteroatoms. The van der Waals surface area contributed by atoms with Crippen LogP contribution in [0.5, 0.6) is 0 Å². The number of carbonyl (C=O) groups is 2. The maximum Gasteiger partial charge on any atom is 0.309 e. The smallest absolute Gasteiger partial charge is 0.309 e. The van der Waals surface area contributed by atoms with E-state index in [0.29, 0.717) is 66.2 Å². The van der Waals surface area contributed by atoms with Gasteiger partial charge in [-0.05, 0) is 44.0 Å². The molecular formula is C23H22FN5O3S. The van der Waals surface area contributed by atoms with E-state index < -0.39 is 5.95 Å². The zero-order chi connectivity index (χ0) is 22.9. The van der Waals surface area contributed by atoms with Crippen molar-refractivity contribution >= 4 is 34.7 Å². The number of nitrogens with zero attached hydrogens (tertiary/aromatic N) is 5. The molecule has 2 aliphatic heterocycles. The topological polar surface area (TPSA) is 88.5 Å². The van der Waals surface area contributed by atoms with Gasteiger partial charge in [-0.1, -0.05) is 0 Å². The SMILES string of the molecule is CCOC(=O)C1CCN(c2ccc(-c3nc4c(s3)C(=O)N(c3cccnc3)C4)c(F)n2)CC1. The number of pyridine rings is 2. The zero-order valence-electron chi connectivity index (χ0n) is 18.0. The second-order valence-electron chi connectivity index (χ2n) is 7.92. The third-order valence-electron chi connectivity index (χ3n) is 5.91. The second-order valence-corrected chi connectivity index (χ2v) is 8.92. The third kappa shape index (κ3) is 4.06. The Hall–Kier alpha value is -3.40. The number of halogens is 1. The Morgan fingerprint density at radius 3 is 2.73 bits per heavy atom. The Labute approximate surface area is 194 Å². The van der Waals surface area contributed by atoms with Crippen molar-refractivity contribution in [3.63, 3.8) is 0 Å². The molecule has 0 spiro atoms. The van der Waals surface area contributed by atoms with Crippen molar-refractivity contribution in [3.05, 3.63) is 53.2 Å². The Balaban J connectivity index is 1.29. The van der Waals surface area contributed by atoms with Crippen LogP contribution in [0, 0.1) is 11.9 Å². The summed E-state index contributed by atoms with van der Waals surface area (Å²) in [7, 11) is 0. The highest BCUT2D eigenvalue weighted by Gasteiger charge is 2.33. The zero-order valence-corrected chi connectivity index (χ0v) is 18.8. The van der Waals surface area contributed by atoms with E-state index in [4.69, 9.17) is 4.74 Å². The van der Waals surface area contributed by atoms with Crippen LogP contribution >= 0.6 is 11.3 Å². The van der Waals surface area contributed by atoms with Crippen LogP contribution < -0.4 is 9.80 Å². The lowest BCUT2D eigenvalue weighted by atomic mass is 9.97. The van der Waals surface area contributed by atoms with Gasteiger partial charge in [0.15, 0.2) is 0 Å². The minimum absolute atomic E-state index is 0.119. The van der Waals surface area contributed by atoms with Gasteiger partial charge in [-0.2, -0.15) is 4.39 Å². The minimum Gasteiger partial charge on any atom is -0.466 e. The number of thiazole rings is 1. The molecule has 170 valence electrons. The molecule has 0 unspecified atom stereocenters. The van der Waals surface area contributed by atoms with Gasteiger partial charge in [-0.3, -0.25) is 19.5 Å². The van der Waals surface area contributed by atoms with Crippen molar-refractivity contribution in [2.45, 2.75) is 26.3 Å². The van der Waals surface area contributed by atoms with Crippen molar-refractivity contribution in [1.82, 2.24) is 15.0 Å². The molecule has 3 aromatic heterocycles. The van der Waals surface area contributed by atoms with E-state index in [9.17, 15) is 14.0 Å². The summed E-state index contributed by atoms with van der Waals surface area (Å²) in [4.78, 5) is 41.6. The molecule has 1 saturated heterocycles. The minimum atomic E-state index is -0.621. The summed E-state index contributed by atoms with van der Waals surface area (Å²) in [6.45, 7) is 3.73. The maximum absolute atomic E-state index is 14.9. The van der Waals surface area contributed by atoms with Crippen LogP contribution in [0.1, 0.15) is 35.1 Å². The molecule has 2 aliphatic rings. The molecule has 0 aliphatic carbocycles. The summed E-state index contributed by atoms with van der Waals surface area (Å²) < 4.78 is 20.1. The van der Waals surface area contributed by atoms with Gasteiger partial charge >= 0.3 is 5.97 Å². The number of fused-ring (bicyclic) bond motifs is 1. The fraction of sp³-hybridized carbons (Fsp3) is 0.348. The largest absolute Gasteiger partial charge is 0.466 e. The van der Waals surface area contributed by atoms with Crippen LogP contribution in [-0.2, 0) is 16.1 Å². The predicted molar refractivity (Wildman–Crippen MR) is 122 cm³/mol. The van der Waals surface area contributed by atoms with E-state index in [-0.39, 0.29) is 23.4 Å². The molecular weight excluding hydrogens is 445 g/mol. The molecule has 0 aromatic carbocycles. The number of esters is 1. The van der Waals surface area contributed by atoms with Crippen LogP contribution in [-0.4, -0.2) is 46.5 Å². The lowest BCUT2D eigenvalue weighted by Gasteiger charge is -2.31. The molecule has 5 rings (SSSR count). The summed E-state index contributed by atoms with van der Waals surface area (Å²) in [5.74, 6) is -0.534. The molecule has 5 heterocycles. The van der Waals surface area contributed by atoms with E-state index >= 15 is 0 Å². The van der Waals surface area contributed by atoms with E-state index in [1.165, 1.54) is 11.3 Å². The number of piperidine rings is 1. The van der Waals surface area contributed by atoms with Gasteiger partial charge < -0.3 is 9.64 Å². The number of carbonyl (C=O) groups excluding carboxylic acids is 2. The van der Waals surface area contributed by atoms with E-state index in [0.717, 1.165) is 0 Å². The van der Waals surface area contributed by atoms with Crippen molar-refractivity contribution in [1.29, 1.82) is 0 Å². The Morgan fingerprint density at radius 2 is 2.06 bits per heavy atom. The summed E-state index contributed by atoms with van der Waals surface area (Å²) in [6.07, 6.45) is 4.59. The van der Waals surface area contributed by atoms with E-state index in [2.05, 4.69) is 15.0 Å². The van der Waals surface area contributed by atoms with Crippen molar-refractivity contribution < 1.29 is 18.7 Å². The molecule has 0 atom stereocenters. The highest BCUT2D eigenvalue weighted by molar-refractivity contribution is 7.17. The maximum atomic E-state index is 14.9. The van der Waals surface area contributed by atoms with Crippen LogP contribution in [0.4, 0.5) is 15.9 Å². The average molecular weight is 468 g/mol. The lowest BCUT2D eigenvalue weighted by Crippen LogP contribution is -2.37. The van der Waals surface area contributed by atoms with Gasteiger partial charge in [0.2, 0.25) is 5.95 Å². The number of rotatable bonds is 5. The predicted octanol–water partition coefficient (Wildman–Crippen LogP) is 3.68. The molecule has 3 aromatic rings. The summed E-state index contributed by atoms with van der Waals surface area (Å²) in [5, 5.41) is 0.441. The van der Waals surface area contributed by atoms with Crippen LogP contribution in [0.3, 0.4) is 0 Å². The Morgan fingerprint density at radius 1 is 1.24 bits per heavy atom. The monoisotopic (exact) mass is 467 g/mol. The molecule has 0 radical (unpaired) electrons. The van der Waals surface area contributed by atoms with E-state index in [1.807, 2.05) is 11.0 Å². The summed E-state index contributed by atoms with van der Waals surface area (Å²) >= 11 is 1.18. The molecule has 0 bridgehead atoms. The first-order chi connectivity index (χ1) is 16.0. The van der Waals surface area contributed by atoms with Crippen LogP contribution in [0.25, 0.3) is 10.6 Å². The number of anilines is 2. The molecule has 0 saturated carbocycles. The molecule has 8 nitrogen and oxygen atoms in total. The van der Waals surface area contributed by atoms with Crippen molar-refractivity contribution in [2.75, 3.05) is 29.5 Å². The Bertz CT molecular complexity index is 1190. The van der Waals surface area contributed by atoms with Gasteiger partial charge in [0.25, 0.3) is 5.91 Å². The lowest BCUT2D eigenvalue weighted by molar-refractivity contribution is -0.148. The molecule has 0 N–H and O–H groups in total. The van der Waals surface area contributed by atoms with Gasteiger partial charge in [0.05, 0.1) is 42.2 Å². The number of amides is 1. The summed E-state index contributed by atoms with van der Waals surface area (Å²) in [5.41, 5.74) is 1.62. The van der Waals surface area contributed by atoms with Gasteiger partial charge in [-0.25, -0.2) is 9.97 Å².